The molecule has 90 valence electrons. The summed E-state index contributed by atoms with van der Waals surface area (Å²) in [6.45, 7) is 7.47. The third-order valence-electron chi connectivity index (χ3n) is 3.12. The van der Waals surface area contributed by atoms with Gasteiger partial charge in [-0.15, -0.1) is 0 Å². The molecule has 2 heterocycles. The zero-order valence-electron chi connectivity index (χ0n) is 10.2. The van der Waals surface area contributed by atoms with E-state index >= 15 is 0 Å². The molecule has 1 aliphatic rings. The lowest BCUT2D eigenvalue weighted by atomic mass is 10.1. The fourth-order valence-electron chi connectivity index (χ4n) is 2.21. The minimum Gasteiger partial charge on any atom is -0.468 e. The van der Waals surface area contributed by atoms with Gasteiger partial charge < -0.3 is 9.73 Å². The van der Waals surface area contributed by atoms with E-state index in [0.29, 0.717) is 0 Å². The van der Waals surface area contributed by atoms with Crippen molar-refractivity contribution in [3.8, 4) is 0 Å². The Bertz CT molecular complexity index is 303. The summed E-state index contributed by atoms with van der Waals surface area (Å²) < 4.78 is 5.58. The predicted octanol–water partition coefficient (Wildman–Crippen LogP) is 2.38. The molecule has 16 heavy (non-hydrogen) atoms. The lowest BCUT2D eigenvalue weighted by Crippen LogP contribution is -2.28. The van der Waals surface area contributed by atoms with Crippen LogP contribution in [-0.4, -0.2) is 24.5 Å². The lowest BCUT2D eigenvalue weighted by Gasteiger charge is -2.25. The summed E-state index contributed by atoms with van der Waals surface area (Å²) in [6, 6.07) is 2.18. The van der Waals surface area contributed by atoms with Crippen LogP contribution in [0.4, 0.5) is 0 Å². The van der Waals surface area contributed by atoms with E-state index in [4.69, 9.17) is 4.42 Å². The Balaban J connectivity index is 1.81. The van der Waals surface area contributed by atoms with Crippen molar-refractivity contribution in [1.82, 2.24) is 10.2 Å². The second-order valence-corrected chi connectivity index (χ2v) is 4.54. The Morgan fingerprint density at radius 1 is 1.31 bits per heavy atom. The first kappa shape index (κ1) is 11.7. The van der Waals surface area contributed by atoms with E-state index in [9.17, 15) is 0 Å². The van der Waals surface area contributed by atoms with Crippen LogP contribution in [-0.2, 0) is 13.1 Å². The highest BCUT2D eigenvalue weighted by molar-refractivity contribution is 5.12. The standard InChI is InChI=1S/C13H22N2O/c1-2-14-9-12-8-13(16-11-12)10-15-6-4-3-5-7-15/h8,11,14H,2-7,9-10H2,1H3. The molecule has 0 aliphatic carbocycles. The number of hydrogen-bond donors (Lipinski definition) is 1. The third kappa shape index (κ3) is 3.35. The van der Waals surface area contributed by atoms with Gasteiger partial charge in [-0.2, -0.15) is 0 Å². The SMILES string of the molecule is CCNCc1coc(CN2CCCCC2)c1. The van der Waals surface area contributed by atoms with Crippen molar-refractivity contribution in [2.45, 2.75) is 39.3 Å². The molecule has 3 heteroatoms. The van der Waals surface area contributed by atoms with Gasteiger partial charge in [0.2, 0.25) is 0 Å². The molecular weight excluding hydrogens is 200 g/mol. The van der Waals surface area contributed by atoms with Crippen LogP contribution in [0.3, 0.4) is 0 Å². The van der Waals surface area contributed by atoms with Crippen LogP contribution in [0.5, 0.6) is 0 Å². The van der Waals surface area contributed by atoms with Crippen molar-refractivity contribution in [2.75, 3.05) is 19.6 Å². The largest absolute Gasteiger partial charge is 0.468 e. The number of likely N-dealkylation sites (tertiary alicyclic amines) is 1. The van der Waals surface area contributed by atoms with Gasteiger partial charge in [0, 0.05) is 12.1 Å². The summed E-state index contributed by atoms with van der Waals surface area (Å²) in [5, 5.41) is 3.31. The van der Waals surface area contributed by atoms with Gasteiger partial charge in [0.15, 0.2) is 0 Å². The Morgan fingerprint density at radius 3 is 2.88 bits per heavy atom. The highest BCUT2D eigenvalue weighted by Crippen LogP contribution is 2.15. The van der Waals surface area contributed by atoms with Crippen LogP contribution >= 0.6 is 0 Å². The number of hydrogen-bond acceptors (Lipinski definition) is 3. The summed E-state index contributed by atoms with van der Waals surface area (Å²) >= 11 is 0. The predicted molar refractivity (Wildman–Crippen MR) is 65.2 cm³/mol. The Labute approximate surface area is 97.8 Å². The minimum absolute atomic E-state index is 0.917. The van der Waals surface area contributed by atoms with Gasteiger partial charge >= 0.3 is 0 Å². The molecule has 1 aromatic heterocycles. The number of nitrogens with one attached hydrogen (secondary N) is 1. The van der Waals surface area contributed by atoms with Crippen LogP contribution in [0.1, 0.15) is 37.5 Å². The molecule has 0 saturated carbocycles. The summed E-state index contributed by atoms with van der Waals surface area (Å²) in [4.78, 5) is 2.49. The Kier molecular flexibility index (Phi) is 4.43. The highest BCUT2D eigenvalue weighted by Gasteiger charge is 2.12. The molecule has 0 radical (unpaired) electrons. The Morgan fingerprint density at radius 2 is 2.12 bits per heavy atom. The first-order chi connectivity index (χ1) is 7.88. The van der Waals surface area contributed by atoms with Crippen molar-refractivity contribution in [3.05, 3.63) is 23.7 Å². The first-order valence-electron chi connectivity index (χ1n) is 6.38. The summed E-state index contributed by atoms with van der Waals surface area (Å²) in [6.07, 6.45) is 5.94. The summed E-state index contributed by atoms with van der Waals surface area (Å²) in [7, 11) is 0. The average Bonchev–Trinajstić information content (AvgIpc) is 2.75. The maximum Gasteiger partial charge on any atom is 0.118 e. The summed E-state index contributed by atoms with van der Waals surface area (Å²) in [5.74, 6) is 1.11. The monoisotopic (exact) mass is 222 g/mol. The fraction of sp³-hybridized carbons (Fsp3) is 0.692. The number of rotatable bonds is 5. The van der Waals surface area contributed by atoms with E-state index in [1.54, 1.807) is 0 Å². The van der Waals surface area contributed by atoms with Gasteiger partial charge in [-0.25, -0.2) is 0 Å². The molecule has 3 nitrogen and oxygen atoms in total. The molecule has 1 fully saturated rings. The van der Waals surface area contributed by atoms with Gasteiger partial charge in [-0.3, -0.25) is 4.90 Å². The van der Waals surface area contributed by atoms with E-state index in [-0.39, 0.29) is 0 Å². The van der Waals surface area contributed by atoms with Crippen LogP contribution in [0.2, 0.25) is 0 Å². The van der Waals surface area contributed by atoms with Crippen molar-refractivity contribution < 1.29 is 4.42 Å². The molecule has 0 spiro atoms. The molecule has 0 atom stereocenters. The number of nitrogens with zero attached hydrogens (tertiary/aromatic N) is 1. The molecule has 0 bridgehead atoms. The molecule has 0 amide bonds. The van der Waals surface area contributed by atoms with Gasteiger partial charge in [0.05, 0.1) is 12.8 Å². The molecule has 1 saturated heterocycles. The topological polar surface area (TPSA) is 28.4 Å². The number of piperidine rings is 1. The molecule has 0 unspecified atom stereocenters. The van der Waals surface area contributed by atoms with E-state index in [1.165, 1.54) is 37.9 Å². The van der Waals surface area contributed by atoms with Gasteiger partial charge in [-0.05, 0) is 38.5 Å². The van der Waals surface area contributed by atoms with Gasteiger partial charge in [0.25, 0.3) is 0 Å². The molecular formula is C13H22N2O. The number of furan rings is 1. The zero-order chi connectivity index (χ0) is 11.2. The smallest absolute Gasteiger partial charge is 0.118 e. The molecule has 2 rings (SSSR count). The first-order valence-corrected chi connectivity index (χ1v) is 6.38. The maximum atomic E-state index is 5.58. The van der Waals surface area contributed by atoms with Crippen molar-refractivity contribution >= 4 is 0 Å². The second-order valence-electron chi connectivity index (χ2n) is 4.54. The third-order valence-corrected chi connectivity index (χ3v) is 3.12. The zero-order valence-corrected chi connectivity index (χ0v) is 10.2. The van der Waals surface area contributed by atoms with Crippen LogP contribution in [0.15, 0.2) is 16.7 Å². The lowest BCUT2D eigenvalue weighted by molar-refractivity contribution is 0.205. The van der Waals surface area contributed by atoms with Crippen LogP contribution < -0.4 is 5.32 Å². The molecule has 1 aliphatic heterocycles. The van der Waals surface area contributed by atoms with Crippen molar-refractivity contribution in [3.63, 3.8) is 0 Å². The van der Waals surface area contributed by atoms with E-state index in [1.807, 2.05) is 6.26 Å². The fourth-order valence-corrected chi connectivity index (χ4v) is 2.21. The second kappa shape index (κ2) is 6.06. The molecule has 1 aromatic rings. The van der Waals surface area contributed by atoms with E-state index in [2.05, 4.69) is 23.2 Å². The molecule has 0 aromatic carbocycles. The van der Waals surface area contributed by atoms with Crippen LogP contribution in [0.25, 0.3) is 0 Å². The van der Waals surface area contributed by atoms with Crippen LogP contribution in [0, 0.1) is 0 Å². The summed E-state index contributed by atoms with van der Waals surface area (Å²) in [5.41, 5.74) is 1.26. The highest BCUT2D eigenvalue weighted by atomic mass is 16.3. The average molecular weight is 222 g/mol. The molecule has 1 N–H and O–H groups in total. The quantitative estimate of drug-likeness (QED) is 0.829. The Hall–Kier alpha value is -0.800. The van der Waals surface area contributed by atoms with E-state index < -0.39 is 0 Å². The van der Waals surface area contributed by atoms with Gasteiger partial charge in [0.1, 0.15) is 5.76 Å². The van der Waals surface area contributed by atoms with Gasteiger partial charge in [-0.1, -0.05) is 13.3 Å². The van der Waals surface area contributed by atoms with E-state index in [0.717, 1.165) is 25.4 Å². The van der Waals surface area contributed by atoms with Crippen molar-refractivity contribution in [1.29, 1.82) is 0 Å². The van der Waals surface area contributed by atoms with Crippen molar-refractivity contribution in [2.24, 2.45) is 0 Å². The normalized spacial score (nSPS) is 17.8. The maximum absolute atomic E-state index is 5.58. The minimum atomic E-state index is 0.917.